The first kappa shape index (κ1) is 11.5. The van der Waals surface area contributed by atoms with Gasteiger partial charge in [0.1, 0.15) is 6.04 Å². The van der Waals surface area contributed by atoms with Gasteiger partial charge in [0.05, 0.1) is 13.2 Å². The van der Waals surface area contributed by atoms with Crippen molar-refractivity contribution in [1.82, 2.24) is 4.81 Å². The molecule has 2 atom stereocenters. The van der Waals surface area contributed by atoms with E-state index in [4.69, 9.17) is 4.74 Å². The lowest BCUT2D eigenvalue weighted by molar-refractivity contribution is -0.144. The minimum absolute atomic E-state index is 0.00583. The molecule has 1 saturated heterocycles. The molecule has 5 nitrogen and oxygen atoms in total. The number of esters is 1. The zero-order valence-electron chi connectivity index (χ0n) is 8.77. The van der Waals surface area contributed by atoms with Crippen LogP contribution in [-0.2, 0) is 14.3 Å². The van der Waals surface area contributed by atoms with Crippen LogP contribution in [0.1, 0.15) is 6.42 Å². The molecule has 0 unspecified atom stereocenters. The van der Waals surface area contributed by atoms with Crippen molar-refractivity contribution in [3.8, 4) is 0 Å². The van der Waals surface area contributed by atoms with Gasteiger partial charge in [0.2, 0.25) is 0 Å². The zero-order valence-corrected chi connectivity index (χ0v) is 8.77. The third-order valence-corrected chi connectivity index (χ3v) is 2.59. The second-order valence-corrected chi connectivity index (χ2v) is 3.46. The van der Waals surface area contributed by atoms with Gasteiger partial charge in [-0.05, 0) is 6.82 Å². The maximum Gasteiger partial charge on any atom is 0.377 e. The lowest BCUT2D eigenvalue weighted by atomic mass is 9.84. The van der Waals surface area contributed by atoms with Crippen LogP contribution >= 0.6 is 0 Å². The quantitative estimate of drug-likeness (QED) is 0.486. The Morgan fingerprint density at radius 1 is 1.57 bits per heavy atom. The Kier molecular flexibility index (Phi) is 3.91. The van der Waals surface area contributed by atoms with E-state index in [9.17, 15) is 9.82 Å². The number of nitrogens with zero attached hydrogens (tertiary/aromatic N) is 1. The molecule has 0 saturated carbocycles. The predicted molar refractivity (Wildman–Crippen MR) is 51.8 cm³/mol. The molecule has 1 aliphatic heterocycles. The Hall–Kier alpha value is -0.585. The number of carbonyl (C=O) groups is 1. The van der Waals surface area contributed by atoms with Crippen LogP contribution < -0.4 is 0 Å². The lowest BCUT2D eigenvalue weighted by Crippen LogP contribution is -2.45. The maximum atomic E-state index is 11.4. The molecule has 0 aromatic carbocycles. The summed E-state index contributed by atoms with van der Waals surface area (Å²) < 4.78 is 9.82. The van der Waals surface area contributed by atoms with E-state index in [-0.39, 0.29) is 18.1 Å². The van der Waals surface area contributed by atoms with Gasteiger partial charge < -0.3 is 19.3 Å². The Labute approximate surface area is 84.1 Å². The van der Waals surface area contributed by atoms with E-state index in [0.29, 0.717) is 13.0 Å². The van der Waals surface area contributed by atoms with Gasteiger partial charge in [0, 0.05) is 20.1 Å². The fraction of sp³-hybridized carbons (Fsp3) is 0.875. The molecule has 1 heterocycles. The topological polar surface area (TPSA) is 59.0 Å². The van der Waals surface area contributed by atoms with Crippen LogP contribution in [0.2, 0.25) is 6.82 Å². The average Bonchev–Trinajstić information content (AvgIpc) is 2.60. The van der Waals surface area contributed by atoms with Gasteiger partial charge in [-0.25, -0.2) is 0 Å². The molecule has 1 N–H and O–H groups in total. The summed E-state index contributed by atoms with van der Waals surface area (Å²) in [7, 11) is 2.30. The van der Waals surface area contributed by atoms with Crippen molar-refractivity contribution in [2.45, 2.75) is 25.4 Å². The summed E-state index contributed by atoms with van der Waals surface area (Å²) in [5.41, 5.74) is 0. The van der Waals surface area contributed by atoms with Gasteiger partial charge in [0.15, 0.2) is 0 Å². The van der Waals surface area contributed by atoms with E-state index < -0.39 is 7.05 Å². The highest BCUT2D eigenvalue weighted by atomic mass is 16.5. The monoisotopic (exact) mass is 201 g/mol. The molecule has 0 spiro atoms. The van der Waals surface area contributed by atoms with E-state index >= 15 is 0 Å². The van der Waals surface area contributed by atoms with Crippen molar-refractivity contribution in [3.05, 3.63) is 0 Å². The molecular weight excluding hydrogens is 185 g/mol. The summed E-state index contributed by atoms with van der Waals surface area (Å²) >= 11 is 0. The molecule has 0 aromatic heterocycles. The van der Waals surface area contributed by atoms with Crippen molar-refractivity contribution in [1.29, 1.82) is 0 Å². The van der Waals surface area contributed by atoms with Crippen LogP contribution in [0.5, 0.6) is 0 Å². The number of rotatable bonds is 3. The Bertz CT molecular complexity index is 212. The number of carbonyl (C=O) groups excluding carboxylic acids is 1. The molecule has 14 heavy (non-hydrogen) atoms. The van der Waals surface area contributed by atoms with Crippen molar-refractivity contribution < 1.29 is 19.3 Å². The van der Waals surface area contributed by atoms with Crippen LogP contribution in [0.3, 0.4) is 0 Å². The fourth-order valence-corrected chi connectivity index (χ4v) is 1.77. The normalized spacial score (nSPS) is 27.7. The largest absolute Gasteiger partial charge is 0.468 e. The van der Waals surface area contributed by atoms with Crippen LogP contribution in [0, 0.1) is 0 Å². The first-order valence-corrected chi connectivity index (χ1v) is 4.64. The molecule has 0 amide bonds. The molecule has 1 aliphatic rings. The van der Waals surface area contributed by atoms with Crippen LogP contribution in [0.4, 0.5) is 0 Å². The molecule has 1 rings (SSSR count). The van der Waals surface area contributed by atoms with Gasteiger partial charge in [0.25, 0.3) is 0 Å². The summed E-state index contributed by atoms with van der Waals surface area (Å²) in [4.78, 5) is 13.0. The minimum Gasteiger partial charge on any atom is -0.468 e. The van der Waals surface area contributed by atoms with E-state index in [1.165, 1.54) is 7.11 Å². The maximum absolute atomic E-state index is 11.4. The molecule has 0 aliphatic carbocycles. The van der Waals surface area contributed by atoms with Gasteiger partial charge >= 0.3 is 13.0 Å². The van der Waals surface area contributed by atoms with Crippen molar-refractivity contribution in [2.75, 3.05) is 20.8 Å². The summed E-state index contributed by atoms with van der Waals surface area (Å²) in [6.07, 6.45) is 0.572. The average molecular weight is 201 g/mol. The summed E-state index contributed by atoms with van der Waals surface area (Å²) in [6, 6.07) is -0.384. The second-order valence-electron chi connectivity index (χ2n) is 3.46. The first-order chi connectivity index (χ1) is 6.60. The van der Waals surface area contributed by atoms with Gasteiger partial charge in [-0.1, -0.05) is 0 Å². The zero-order chi connectivity index (χ0) is 10.7. The first-order valence-electron chi connectivity index (χ1n) is 4.64. The third-order valence-electron chi connectivity index (χ3n) is 2.59. The highest BCUT2D eigenvalue weighted by molar-refractivity contribution is 6.45. The second kappa shape index (κ2) is 4.77. The third kappa shape index (κ3) is 2.26. The summed E-state index contributed by atoms with van der Waals surface area (Å²) in [6.45, 7) is 2.20. The number of ether oxygens (including phenoxy) is 2. The van der Waals surface area contributed by atoms with Crippen molar-refractivity contribution in [3.63, 3.8) is 0 Å². The highest BCUT2D eigenvalue weighted by Crippen LogP contribution is 2.21. The van der Waals surface area contributed by atoms with E-state index in [0.717, 1.165) is 0 Å². The van der Waals surface area contributed by atoms with Gasteiger partial charge in [-0.15, -0.1) is 0 Å². The lowest BCUT2D eigenvalue weighted by Gasteiger charge is -2.22. The SMILES string of the molecule is COC(=O)[C@H]1C[C@@H](OC)CN1B(C)O. The molecule has 0 bridgehead atoms. The van der Waals surface area contributed by atoms with E-state index in [1.807, 2.05) is 0 Å². The minimum atomic E-state index is -0.653. The highest BCUT2D eigenvalue weighted by Gasteiger charge is 2.40. The van der Waals surface area contributed by atoms with Crippen molar-refractivity contribution in [2.24, 2.45) is 0 Å². The Balaban J connectivity index is 2.67. The number of methoxy groups -OCH3 is 2. The summed E-state index contributed by atoms with van der Waals surface area (Å²) in [5, 5.41) is 9.44. The van der Waals surface area contributed by atoms with Crippen LogP contribution in [-0.4, -0.2) is 55.8 Å². The molecule has 1 fully saturated rings. The predicted octanol–water partition coefficient (Wildman–Crippen LogP) is -0.641. The molecule has 0 aromatic rings. The molecule has 6 heteroatoms. The van der Waals surface area contributed by atoms with Crippen LogP contribution in [0.15, 0.2) is 0 Å². The number of hydrogen-bond acceptors (Lipinski definition) is 5. The fourth-order valence-electron chi connectivity index (χ4n) is 1.77. The Morgan fingerprint density at radius 2 is 2.21 bits per heavy atom. The van der Waals surface area contributed by atoms with Crippen molar-refractivity contribution >= 4 is 13.0 Å². The van der Waals surface area contributed by atoms with Gasteiger partial charge in [-0.3, -0.25) is 4.79 Å². The number of hydrogen-bond donors (Lipinski definition) is 1. The van der Waals surface area contributed by atoms with Gasteiger partial charge in [-0.2, -0.15) is 0 Å². The summed E-state index contributed by atoms with van der Waals surface area (Å²) in [5.74, 6) is -0.314. The van der Waals surface area contributed by atoms with Crippen LogP contribution in [0.25, 0.3) is 0 Å². The smallest absolute Gasteiger partial charge is 0.377 e. The van der Waals surface area contributed by atoms with E-state index in [2.05, 4.69) is 4.74 Å². The molecule has 80 valence electrons. The molecule has 0 radical (unpaired) electrons. The molecular formula is C8H16BNO4. The standard InChI is InChI=1S/C8H16BNO4/c1-9(12)10-5-6(13-2)4-7(10)8(11)14-3/h6-7,12H,4-5H2,1-3H3/t6-,7-/m1/s1. The van der Waals surface area contributed by atoms with E-state index in [1.54, 1.807) is 18.7 Å². The Morgan fingerprint density at radius 3 is 2.64 bits per heavy atom.